The third kappa shape index (κ3) is 3.98. The predicted octanol–water partition coefficient (Wildman–Crippen LogP) is 2.18. The van der Waals surface area contributed by atoms with Crippen molar-refractivity contribution in [3.63, 3.8) is 0 Å². The van der Waals surface area contributed by atoms with Crippen molar-refractivity contribution in [3.8, 4) is 0 Å². The van der Waals surface area contributed by atoms with Crippen LogP contribution in [0.5, 0.6) is 0 Å². The molecule has 0 radical (unpaired) electrons. The lowest BCUT2D eigenvalue weighted by atomic mass is 10.1. The average Bonchev–Trinajstić information content (AvgIpc) is 2.29. The molecule has 1 aromatic rings. The number of benzene rings is 1. The van der Waals surface area contributed by atoms with Gasteiger partial charge in [0.2, 0.25) is 0 Å². The van der Waals surface area contributed by atoms with E-state index >= 15 is 0 Å². The number of thiocarbonyl (C=S) groups is 1. The number of nitrogens with two attached hydrogens (primary N) is 1. The van der Waals surface area contributed by atoms with Gasteiger partial charge in [0, 0.05) is 30.9 Å². The molecule has 2 N–H and O–H groups in total. The van der Waals surface area contributed by atoms with Crippen LogP contribution < -0.4 is 10.6 Å². The van der Waals surface area contributed by atoms with Crippen molar-refractivity contribution in [2.24, 2.45) is 5.73 Å². The summed E-state index contributed by atoms with van der Waals surface area (Å²) in [6.07, 6.45) is 0. The monoisotopic (exact) mass is 252 g/mol. The van der Waals surface area contributed by atoms with E-state index in [0.29, 0.717) is 11.0 Å². The van der Waals surface area contributed by atoms with E-state index in [-0.39, 0.29) is 0 Å². The fourth-order valence-corrected chi connectivity index (χ4v) is 1.83. The maximum absolute atomic E-state index is 5.58. The first kappa shape index (κ1) is 13.9. The zero-order valence-corrected chi connectivity index (χ0v) is 11.5. The van der Waals surface area contributed by atoms with E-state index in [1.165, 1.54) is 0 Å². The molecule has 0 heterocycles. The van der Waals surface area contributed by atoms with Crippen molar-refractivity contribution in [2.45, 2.75) is 19.9 Å². The van der Waals surface area contributed by atoms with Gasteiger partial charge in [-0.2, -0.15) is 0 Å². The zero-order chi connectivity index (χ0) is 12.8. The summed E-state index contributed by atoms with van der Waals surface area (Å²) < 4.78 is 5.12. The normalized spacial score (nSPS) is 10.6. The van der Waals surface area contributed by atoms with Crippen molar-refractivity contribution in [1.29, 1.82) is 0 Å². The molecule has 4 heteroatoms. The molecule has 3 nitrogen and oxygen atoms in total. The van der Waals surface area contributed by atoms with E-state index in [1.807, 2.05) is 24.3 Å². The van der Waals surface area contributed by atoms with Gasteiger partial charge in [0.1, 0.15) is 4.99 Å². The third-order valence-electron chi connectivity index (χ3n) is 2.64. The van der Waals surface area contributed by atoms with Gasteiger partial charge in [0.25, 0.3) is 0 Å². The number of anilines is 1. The molecule has 0 bridgehead atoms. The number of rotatable bonds is 6. The zero-order valence-electron chi connectivity index (χ0n) is 10.6. The highest BCUT2D eigenvalue weighted by Gasteiger charge is 2.10. The van der Waals surface area contributed by atoms with Crippen LogP contribution in [-0.4, -0.2) is 31.3 Å². The van der Waals surface area contributed by atoms with E-state index in [0.717, 1.165) is 24.4 Å². The first-order valence-corrected chi connectivity index (χ1v) is 6.12. The molecule has 0 aliphatic carbocycles. The highest BCUT2D eigenvalue weighted by molar-refractivity contribution is 7.80. The van der Waals surface area contributed by atoms with E-state index in [2.05, 4.69) is 18.7 Å². The summed E-state index contributed by atoms with van der Waals surface area (Å²) in [6.45, 7) is 5.92. The van der Waals surface area contributed by atoms with Crippen LogP contribution in [0.1, 0.15) is 19.4 Å². The summed E-state index contributed by atoms with van der Waals surface area (Å²) in [5.41, 5.74) is 7.64. The fourth-order valence-electron chi connectivity index (χ4n) is 1.69. The molecule has 0 saturated carbocycles. The van der Waals surface area contributed by atoms with Crippen molar-refractivity contribution < 1.29 is 4.74 Å². The maximum atomic E-state index is 5.58. The van der Waals surface area contributed by atoms with Gasteiger partial charge in [-0.05, 0) is 38.1 Å². The van der Waals surface area contributed by atoms with E-state index in [4.69, 9.17) is 22.7 Å². The molecule has 94 valence electrons. The summed E-state index contributed by atoms with van der Waals surface area (Å²) in [4.78, 5) is 2.72. The first-order chi connectivity index (χ1) is 8.06. The summed E-state index contributed by atoms with van der Waals surface area (Å²) in [5.74, 6) is 0. The number of hydrogen-bond acceptors (Lipinski definition) is 3. The Hall–Kier alpha value is -1.13. The van der Waals surface area contributed by atoms with Crippen molar-refractivity contribution in [2.75, 3.05) is 25.2 Å². The van der Waals surface area contributed by atoms with Gasteiger partial charge in [-0.3, -0.25) is 0 Å². The summed E-state index contributed by atoms with van der Waals surface area (Å²) >= 11 is 4.94. The Bertz CT molecular complexity index is 362. The second kappa shape index (κ2) is 6.57. The van der Waals surface area contributed by atoms with Gasteiger partial charge in [-0.25, -0.2) is 0 Å². The minimum Gasteiger partial charge on any atom is -0.389 e. The average molecular weight is 252 g/mol. The molecular weight excluding hydrogens is 232 g/mol. The SMILES string of the molecule is COCCN(c1ccc(C(N)=S)cc1)C(C)C. The number of methoxy groups -OCH3 is 1. The fraction of sp³-hybridized carbons (Fsp3) is 0.462. The summed E-state index contributed by atoms with van der Waals surface area (Å²) in [6, 6.07) is 8.44. The molecule has 17 heavy (non-hydrogen) atoms. The quantitative estimate of drug-likeness (QED) is 0.788. The van der Waals surface area contributed by atoms with Gasteiger partial charge in [0.05, 0.1) is 6.61 Å². The molecule has 0 atom stereocenters. The highest BCUT2D eigenvalue weighted by atomic mass is 32.1. The molecule has 0 aliphatic rings. The van der Waals surface area contributed by atoms with Crippen molar-refractivity contribution >= 4 is 22.9 Å². The van der Waals surface area contributed by atoms with Gasteiger partial charge in [-0.15, -0.1) is 0 Å². The van der Waals surface area contributed by atoms with Crippen LogP contribution in [0.3, 0.4) is 0 Å². The number of hydrogen-bond donors (Lipinski definition) is 1. The standard InChI is InChI=1S/C13H20N2OS/c1-10(2)15(8-9-16-3)12-6-4-11(5-7-12)13(14)17/h4-7,10H,8-9H2,1-3H3,(H2,14,17). The molecule has 0 fully saturated rings. The summed E-state index contributed by atoms with van der Waals surface area (Å²) in [7, 11) is 1.72. The molecule has 0 aromatic heterocycles. The second-order valence-electron chi connectivity index (χ2n) is 4.19. The van der Waals surface area contributed by atoms with Crippen LogP contribution >= 0.6 is 12.2 Å². The Kier molecular flexibility index (Phi) is 5.38. The topological polar surface area (TPSA) is 38.5 Å². The smallest absolute Gasteiger partial charge is 0.103 e. The lowest BCUT2D eigenvalue weighted by Gasteiger charge is -2.28. The van der Waals surface area contributed by atoms with Crippen LogP contribution in [0.4, 0.5) is 5.69 Å². The van der Waals surface area contributed by atoms with E-state index in [1.54, 1.807) is 7.11 Å². The Labute approximate surface area is 109 Å². The molecule has 0 spiro atoms. The van der Waals surface area contributed by atoms with Crippen LogP contribution in [0.15, 0.2) is 24.3 Å². The molecule has 1 rings (SSSR count). The molecule has 1 aromatic carbocycles. The van der Waals surface area contributed by atoms with Crippen molar-refractivity contribution in [1.82, 2.24) is 0 Å². The molecule has 0 unspecified atom stereocenters. The molecule has 0 saturated heterocycles. The number of ether oxygens (including phenoxy) is 1. The Balaban J connectivity index is 2.83. The third-order valence-corrected chi connectivity index (χ3v) is 2.88. The van der Waals surface area contributed by atoms with Gasteiger partial charge in [0.15, 0.2) is 0 Å². The van der Waals surface area contributed by atoms with Gasteiger partial charge < -0.3 is 15.4 Å². The highest BCUT2D eigenvalue weighted by Crippen LogP contribution is 2.17. The van der Waals surface area contributed by atoms with Crippen LogP contribution in [-0.2, 0) is 4.74 Å². The van der Waals surface area contributed by atoms with Crippen LogP contribution in [0.25, 0.3) is 0 Å². The van der Waals surface area contributed by atoms with Crippen molar-refractivity contribution in [3.05, 3.63) is 29.8 Å². The lowest BCUT2D eigenvalue weighted by molar-refractivity contribution is 0.204. The van der Waals surface area contributed by atoms with Crippen LogP contribution in [0.2, 0.25) is 0 Å². The second-order valence-corrected chi connectivity index (χ2v) is 4.63. The minimum atomic E-state index is 0.431. The van der Waals surface area contributed by atoms with Gasteiger partial charge in [-0.1, -0.05) is 12.2 Å². The Morgan fingerprint density at radius 2 is 1.94 bits per heavy atom. The van der Waals surface area contributed by atoms with E-state index < -0.39 is 0 Å². The molecule has 0 aliphatic heterocycles. The van der Waals surface area contributed by atoms with E-state index in [9.17, 15) is 0 Å². The molecular formula is C13H20N2OS. The largest absolute Gasteiger partial charge is 0.389 e. The predicted molar refractivity (Wildman–Crippen MR) is 76.7 cm³/mol. The number of nitrogens with zero attached hydrogens (tertiary/aromatic N) is 1. The molecule has 0 amide bonds. The lowest BCUT2D eigenvalue weighted by Crippen LogP contribution is -2.33. The Morgan fingerprint density at radius 1 is 1.35 bits per heavy atom. The minimum absolute atomic E-state index is 0.431. The maximum Gasteiger partial charge on any atom is 0.103 e. The first-order valence-electron chi connectivity index (χ1n) is 5.71. The van der Waals surface area contributed by atoms with Crippen LogP contribution in [0, 0.1) is 0 Å². The summed E-state index contributed by atoms with van der Waals surface area (Å²) in [5, 5.41) is 0. The van der Waals surface area contributed by atoms with Gasteiger partial charge >= 0.3 is 0 Å². The Morgan fingerprint density at radius 3 is 2.35 bits per heavy atom.